The van der Waals surface area contributed by atoms with Crippen LogP contribution in [-0.4, -0.2) is 0 Å². The number of hydrogen-bond acceptors (Lipinski definition) is 2. The minimum absolute atomic E-state index is 0.152. The van der Waals surface area contributed by atoms with Crippen molar-refractivity contribution in [1.82, 2.24) is 0 Å². The van der Waals surface area contributed by atoms with Gasteiger partial charge in [0.1, 0.15) is 0 Å². The van der Waals surface area contributed by atoms with Crippen LogP contribution in [0.5, 0.6) is 0 Å². The monoisotopic (exact) mass is 710 g/mol. The summed E-state index contributed by atoms with van der Waals surface area (Å²) in [5, 5.41) is 12.8. The molecule has 0 amide bonds. The largest absolute Gasteiger partial charge is 0.136 e. The molecule has 2 heterocycles. The van der Waals surface area contributed by atoms with E-state index in [1.165, 1.54) is 102 Å². The maximum absolute atomic E-state index is 4.72. The van der Waals surface area contributed by atoms with Gasteiger partial charge in [0.25, 0.3) is 0 Å². The van der Waals surface area contributed by atoms with E-state index in [-0.39, 0.29) is 5.41 Å². The average Bonchev–Trinajstić information content (AvgIpc) is 3.79. The lowest BCUT2D eigenvalue weighted by atomic mass is 9.79. The molecule has 0 radical (unpaired) electrons. The molecule has 2 aromatic heterocycles. The molecule has 0 nitrogen and oxygen atoms in total. The molecule has 11 rings (SSSR count). The van der Waals surface area contributed by atoms with E-state index in [0.717, 1.165) is 15.3 Å². The number of fused-ring (bicyclic) bond motifs is 12. The number of benzene rings is 8. The van der Waals surface area contributed by atoms with Crippen LogP contribution < -0.4 is 9.75 Å². The first-order valence-corrected chi connectivity index (χ1v) is 19.9. The Morgan fingerprint density at radius 1 is 0.566 bits per heavy atom. The normalized spacial score (nSPS) is 13.9. The summed E-state index contributed by atoms with van der Waals surface area (Å²) in [4.78, 5) is 0. The smallest absolute Gasteiger partial charge is 0.0361 e. The summed E-state index contributed by atoms with van der Waals surface area (Å²) in [5.74, 6) is 0. The SMILES string of the molecule is C=C(/C=c1\c(=C)sc2ccccc12)c1c2ccccc2c(-c2ccc3c(c2)-c2ccc4ccc5sc6ccccc6c5c4c2C3(C)C)c2ccccc12. The van der Waals surface area contributed by atoms with Crippen molar-refractivity contribution in [3.8, 4) is 22.3 Å². The average molecular weight is 711 g/mol. The van der Waals surface area contributed by atoms with Gasteiger partial charge in [-0.1, -0.05) is 142 Å². The van der Waals surface area contributed by atoms with Gasteiger partial charge in [-0.3, -0.25) is 0 Å². The van der Waals surface area contributed by atoms with Crippen LogP contribution in [0.25, 0.3) is 103 Å². The fourth-order valence-electron chi connectivity index (χ4n) is 9.41. The zero-order valence-electron chi connectivity index (χ0n) is 29.6. The standard InChI is InChI=1S/C51H34S2/c1-29(27-40-30(2)52-43-19-11-9-13-33(40)43)46-34-14-5-7-16-36(34)47(37-17-8-6-15-35(37)46)32-22-25-42-41(28-32)38-24-21-31-23-26-45-49(48(31)50(38)51(42,3)4)39-18-10-12-20-44(39)53-45/h5-28H,1-2H2,3-4H3/b40-27+. The molecule has 1 aliphatic carbocycles. The minimum atomic E-state index is -0.152. The Morgan fingerprint density at radius 3 is 1.89 bits per heavy atom. The lowest BCUT2D eigenvalue weighted by Crippen LogP contribution is -2.16. The highest BCUT2D eigenvalue weighted by Gasteiger charge is 2.38. The fraction of sp³-hybridized carbons (Fsp3) is 0.0588. The van der Waals surface area contributed by atoms with E-state index in [9.17, 15) is 0 Å². The predicted octanol–water partition coefficient (Wildman–Crippen LogP) is 13.6. The predicted molar refractivity (Wildman–Crippen MR) is 235 cm³/mol. The van der Waals surface area contributed by atoms with Gasteiger partial charge in [-0.05, 0) is 107 Å². The zero-order valence-corrected chi connectivity index (χ0v) is 31.2. The van der Waals surface area contributed by atoms with Crippen molar-refractivity contribution in [1.29, 1.82) is 0 Å². The third kappa shape index (κ3) is 4.28. The quantitative estimate of drug-likeness (QED) is 0.160. The molecule has 1 aliphatic rings. The van der Waals surface area contributed by atoms with E-state index in [1.807, 2.05) is 11.3 Å². The van der Waals surface area contributed by atoms with Crippen LogP contribution in [0.3, 0.4) is 0 Å². The lowest BCUT2D eigenvalue weighted by molar-refractivity contribution is 0.667. The highest BCUT2D eigenvalue weighted by Crippen LogP contribution is 2.55. The number of hydrogen-bond donors (Lipinski definition) is 0. The molecular formula is C51H34S2. The molecule has 0 saturated heterocycles. The van der Waals surface area contributed by atoms with Crippen molar-refractivity contribution < 1.29 is 0 Å². The van der Waals surface area contributed by atoms with Crippen LogP contribution in [0.1, 0.15) is 30.5 Å². The summed E-state index contributed by atoms with van der Waals surface area (Å²) < 4.78 is 5.03. The molecule has 0 unspecified atom stereocenters. The molecule has 10 aromatic rings. The van der Waals surface area contributed by atoms with Crippen molar-refractivity contribution in [3.63, 3.8) is 0 Å². The fourth-order valence-corrected chi connectivity index (χ4v) is 11.5. The van der Waals surface area contributed by atoms with Gasteiger partial charge in [0.15, 0.2) is 0 Å². The second-order valence-electron chi connectivity index (χ2n) is 15.0. The van der Waals surface area contributed by atoms with Gasteiger partial charge >= 0.3 is 0 Å². The summed E-state index contributed by atoms with van der Waals surface area (Å²) >= 11 is 3.65. The van der Waals surface area contributed by atoms with Gasteiger partial charge in [0, 0.05) is 45.4 Å². The Balaban J connectivity index is 1.16. The maximum atomic E-state index is 4.72. The van der Waals surface area contributed by atoms with Crippen LogP contribution in [-0.2, 0) is 5.41 Å². The molecule has 0 spiro atoms. The van der Waals surface area contributed by atoms with E-state index < -0.39 is 0 Å². The summed E-state index contributed by atoms with van der Waals surface area (Å²) in [7, 11) is 0. The zero-order chi connectivity index (χ0) is 35.6. The first-order chi connectivity index (χ1) is 25.9. The molecular weight excluding hydrogens is 677 g/mol. The van der Waals surface area contributed by atoms with E-state index >= 15 is 0 Å². The molecule has 0 atom stereocenters. The summed E-state index contributed by atoms with van der Waals surface area (Å²) in [6, 6.07) is 51.9. The van der Waals surface area contributed by atoms with Crippen molar-refractivity contribution in [2.45, 2.75) is 19.3 Å². The topological polar surface area (TPSA) is 0 Å². The van der Waals surface area contributed by atoms with E-state index in [2.05, 4.69) is 166 Å². The Labute approximate surface area is 315 Å². The van der Waals surface area contributed by atoms with Crippen molar-refractivity contribution >= 4 is 103 Å². The summed E-state index contributed by atoms with van der Waals surface area (Å²) in [6.07, 6.45) is 2.25. The second-order valence-corrected chi connectivity index (χ2v) is 17.2. The minimum Gasteiger partial charge on any atom is -0.136 e. The van der Waals surface area contributed by atoms with E-state index in [1.54, 1.807) is 11.3 Å². The van der Waals surface area contributed by atoms with Gasteiger partial charge in [0.2, 0.25) is 0 Å². The molecule has 0 saturated carbocycles. The van der Waals surface area contributed by atoms with Crippen molar-refractivity contribution in [3.05, 3.63) is 173 Å². The van der Waals surface area contributed by atoms with Crippen LogP contribution in [0.2, 0.25) is 0 Å². The third-order valence-electron chi connectivity index (χ3n) is 11.7. The van der Waals surface area contributed by atoms with Gasteiger partial charge < -0.3 is 0 Å². The van der Waals surface area contributed by atoms with E-state index in [4.69, 9.17) is 6.58 Å². The molecule has 0 aliphatic heterocycles. The van der Waals surface area contributed by atoms with Gasteiger partial charge in [0.05, 0.1) is 0 Å². The highest BCUT2D eigenvalue weighted by atomic mass is 32.1. The van der Waals surface area contributed by atoms with Gasteiger partial charge in [-0.25, -0.2) is 0 Å². The highest BCUT2D eigenvalue weighted by molar-refractivity contribution is 7.26. The first kappa shape index (κ1) is 30.8. The Hall–Kier alpha value is -5.80. The van der Waals surface area contributed by atoms with Gasteiger partial charge in [-0.15, -0.1) is 22.7 Å². The Kier molecular flexibility index (Phi) is 6.45. The van der Waals surface area contributed by atoms with E-state index in [0.29, 0.717) is 0 Å². The molecule has 2 heteroatoms. The van der Waals surface area contributed by atoms with Crippen LogP contribution in [0.15, 0.2) is 146 Å². The number of thiophene rings is 2. The molecule has 0 bridgehead atoms. The second kappa shape index (κ2) is 11.1. The Morgan fingerprint density at radius 2 is 1.17 bits per heavy atom. The summed E-state index contributed by atoms with van der Waals surface area (Å²) in [6.45, 7) is 14.0. The number of allylic oxidation sites excluding steroid dienone is 1. The van der Waals surface area contributed by atoms with Gasteiger partial charge in [-0.2, -0.15) is 0 Å². The first-order valence-electron chi connectivity index (χ1n) is 18.2. The maximum Gasteiger partial charge on any atom is 0.0361 e. The van der Waals surface area contributed by atoms with Crippen molar-refractivity contribution in [2.24, 2.45) is 0 Å². The Bertz CT molecular complexity index is 3290. The van der Waals surface area contributed by atoms with Crippen molar-refractivity contribution in [2.75, 3.05) is 0 Å². The lowest BCUT2D eigenvalue weighted by Gasteiger charge is -2.24. The summed E-state index contributed by atoms with van der Waals surface area (Å²) in [5.41, 5.74) is 10.1. The molecule has 53 heavy (non-hydrogen) atoms. The van der Waals surface area contributed by atoms with Crippen LogP contribution >= 0.6 is 22.7 Å². The molecule has 0 N–H and O–H groups in total. The third-order valence-corrected chi connectivity index (χ3v) is 13.9. The van der Waals surface area contributed by atoms with Crippen LogP contribution in [0, 0.1) is 0 Å². The molecule has 8 aromatic carbocycles. The van der Waals surface area contributed by atoms with Crippen LogP contribution in [0.4, 0.5) is 0 Å². The molecule has 250 valence electrons. The number of rotatable bonds is 3. The molecule has 0 fully saturated rings.